The van der Waals surface area contributed by atoms with Crippen molar-refractivity contribution < 1.29 is 24.1 Å². The maximum absolute atomic E-state index is 11.6. The van der Waals surface area contributed by atoms with Crippen molar-refractivity contribution in [2.45, 2.75) is 38.5 Å². The van der Waals surface area contributed by atoms with Crippen molar-refractivity contribution in [2.75, 3.05) is 20.5 Å². The van der Waals surface area contributed by atoms with Crippen LogP contribution in [0.3, 0.4) is 0 Å². The Labute approximate surface area is 108 Å². The largest absolute Gasteiger partial charge is 0.444 e. The molecule has 1 amide bonds. The van der Waals surface area contributed by atoms with Crippen molar-refractivity contribution in [3.8, 4) is 0 Å². The van der Waals surface area contributed by atoms with Crippen LogP contribution in [0.4, 0.5) is 4.79 Å². The summed E-state index contributed by atoms with van der Waals surface area (Å²) >= 11 is 0. The van der Waals surface area contributed by atoms with E-state index in [9.17, 15) is 9.90 Å². The van der Waals surface area contributed by atoms with Crippen LogP contribution in [0.1, 0.15) is 20.8 Å². The fourth-order valence-electron chi connectivity index (χ4n) is 1.19. The number of carbonyl (C=O) groups excluding carboxylic acids is 1. The van der Waals surface area contributed by atoms with E-state index in [0.29, 0.717) is 0 Å². The molecular formula is C12H23NO5. The third-order valence-corrected chi connectivity index (χ3v) is 1.91. The van der Waals surface area contributed by atoms with Crippen LogP contribution in [-0.4, -0.2) is 49.5 Å². The lowest BCUT2D eigenvalue weighted by molar-refractivity contribution is -0.0711. The smallest absolute Gasteiger partial charge is 0.408 e. The van der Waals surface area contributed by atoms with Crippen molar-refractivity contribution in [1.82, 2.24) is 5.32 Å². The van der Waals surface area contributed by atoms with Gasteiger partial charge in [0.2, 0.25) is 0 Å². The lowest BCUT2D eigenvalue weighted by Crippen LogP contribution is -2.48. The molecular weight excluding hydrogens is 238 g/mol. The van der Waals surface area contributed by atoms with Gasteiger partial charge in [-0.3, -0.25) is 0 Å². The Morgan fingerprint density at radius 1 is 1.50 bits per heavy atom. The summed E-state index contributed by atoms with van der Waals surface area (Å²) in [6.45, 7) is 8.60. The third kappa shape index (κ3) is 7.26. The first kappa shape index (κ1) is 16.9. The van der Waals surface area contributed by atoms with Gasteiger partial charge >= 0.3 is 6.09 Å². The second-order valence-corrected chi connectivity index (χ2v) is 4.71. The minimum Gasteiger partial charge on any atom is -0.444 e. The van der Waals surface area contributed by atoms with Crippen LogP contribution in [0.25, 0.3) is 0 Å². The molecule has 0 aliphatic heterocycles. The molecule has 2 N–H and O–H groups in total. The standard InChI is InChI=1S/C12H23NO5/c1-6-10(17-8-16-5)9(7-14)13-11(15)18-12(2,3)4/h6,9-10,14H,1,7-8H2,2-5H3,(H,13,15)/t9-,10+/m0/s1. The second kappa shape index (κ2) is 8.07. The van der Waals surface area contributed by atoms with E-state index in [1.54, 1.807) is 20.8 Å². The van der Waals surface area contributed by atoms with Gasteiger partial charge in [-0.25, -0.2) is 4.79 Å². The number of hydrogen-bond acceptors (Lipinski definition) is 5. The average molecular weight is 261 g/mol. The summed E-state index contributed by atoms with van der Waals surface area (Å²) in [7, 11) is 1.48. The Morgan fingerprint density at radius 2 is 2.11 bits per heavy atom. The van der Waals surface area contributed by atoms with Gasteiger partial charge in [0.25, 0.3) is 0 Å². The van der Waals surface area contributed by atoms with Gasteiger partial charge in [0.15, 0.2) is 0 Å². The highest BCUT2D eigenvalue weighted by Crippen LogP contribution is 2.08. The molecule has 0 aliphatic rings. The van der Waals surface area contributed by atoms with Crippen LogP contribution in [0.2, 0.25) is 0 Å². The highest BCUT2D eigenvalue weighted by atomic mass is 16.7. The molecule has 0 saturated carbocycles. The molecule has 0 aromatic heterocycles. The first-order valence-corrected chi connectivity index (χ1v) is 5.67. The SMILES string of the molecule is C=C[C@@H](OCOC)[C@H](CO)NC(=O)OC(C)(C)C. The van der Waals surface area contributed by atoms with Gasteiger partial charge in [-0.15, -0.1) is 6.58 Å². The summed E-state index contributed by atoms with van der Waals surface area (Å²) in [4.78, 5) is 11.6. The van der Waals surface area contributed by atoms with Crippen LogP contribution >= 0.6 is 0 Å². The molecule has 0 heterocycles. The third-order valence-electron chi connectivity index (χ3n) is 1.91. The molecule has 0 spiro atoms. The number of carbonyl (C=O) groups is 1. The van der Waals surface area contributed by atoms with E-state index < -0.39 is 23.8 Å². The predicted octanol–water partition coefficient (Wildman–Crippen LogP) is 1.05. The monoisotopic (exact) mass is 261 g/mol. The molecule has 0 radical (unpaired) electrons. The zero-order valence-corrected chi connectivity index (χ0v) is 11.4. The van der Waals surface area contributed by atoms with Crippen molar-refractivity contribution in [2.24, 2.45) is 0 Å². The maximum atomic E-state index is 11.6. The quantitative estimate of drug-likeness (QED) is 0.529. The number of methoxy groups -OCH3 is 1. The molecule has 0 unspecified atom stereocenters. The molecule has 0 rings (SSSR count). The van der Waals surface area contributed by atoms with Gasteiger partial charge in [0, 0.05) is 7.11 Å². The van der Waals surface area contributed by atoms with E-state index >= 15 is 0 Å². The number of alkyl carbamates (subject to hydrolysis) is 1. The van der Waals surface area contributed by atoms with Gasteiger partial charge in [0.05, 0.1) is 12.6 Å². The summed E-state index contributed by atoms with van der Waals surface area (Å²) < 4.78 is 15.1. The van der Waals surface area contributed by atoms with Crippen LogP contribution in [0.5, 0.6) is 0 Å². The summed E-state index contributed by atoms with van der Waals surface area (Å²) in [6, 6.07) is -0.632. The lowest BCUT2D eigenvalue weighted by Gasteiger charge is -2.26. The zero-order chi connectivity index (χ0) is 14.2. The number of amides is 1. The molecule has 0 fully saturated rings. The number of ether oxygens (including phenoxy) is 3. The molecule has 0 bridgehead atoms. The summed E-state index contributed by atoms with van der Waals surface area (Å²) in [5.41, 5.74) is -0.596. The molecule has 0 saturated heterocycles. The molecule has 18 heavy (non-hydrogen) atoms. The van der Waals surface area contributed by atoms with Gasteiger partial charge in [0.1, 0.15) is 18.5 Å². The second-order valence-electron chi connectivity index (χ2n) is 4.71. The molecule has 6 nitrogen and oxygen atoms in total. The molecule has 0 aliphatic carbocycles. The number of rotatable bonds is 7. The number of aliphatic hydroxyl groups excluding tert-OH is 1. The van der Waals surface area contributed by atoms with Crippen molar-refractivity contribution >= 4 is 6.09 Å². The number of nitrogens with one attached hydrogen (secondary N) is 1. The minimum atomic E-state index is -0.632. The molecule has 106 valence electrons. The molecule has 0 aromatic rings. The van der Waals surface area contributed by atoms with E-state index in [2.05, 4.69) is 11.9 Å². The van der Waals surface area contributed by atoms with E-state index in [1.165, 1.54) is 13.2 Å². The van der Waals surface area contributed by atoms with E-state index in [0.717, 1.165) is 0 Å². The highest BCUT2D eigenvalue weighted by Gasteiger charge is 2.24. The maximum Gasteiger partial charge on any atom is 0.408 e. The molecule has 6 heteroatoms. The Bertz CT molecular complexity index is 262. The predicted molar refractivity (Wildman–Crippen MR) is 67.2 cm³/mol. The highest BCUT2D eigenvalue weighted by molar-refractivity contribution is 5.68. The van der Waals surface area contributed by atoms with Crippen LogP contribution in [-0.2, 0) is 14.2 Å². The van der Waals surface area contributed by atoms with Gasteiger partial charge in [-0.05, 0) is 20.8 Å². The number of aliphatic hydroxyl groups is 1. The summed E-state index contributed by atoms with van der Waals surface area (Å²) in [6.07, 6.45) is 0.314. The molecule has 2 atom stereocenters. The normalized spacial score (nSPS) is 14.7. The van der Waals surface area contributed by atoms with Gasteiger partial charge in [-0.1, -0.05) is 6.08 Å². The Hall–Kier alpha value is -1.11. The average Bonchev–Trinajstić information content (AvgIpc) is 2.25. The Morgan fingerprint density at radius 3 is 2.50 bits per heavy atom. The van der Waals surface area contributed by atoms with Crippen LogP contribution < -0.4 is 5.32 Å². The lowest BCUT2D eigenvalue weighted by atomic mass is 10.1. The fourth-order valence-corrected chi connectivity index (χ4v) is 1.19. The van der Waals surface area contributed by atoms with Crippen molar-refractivity contribution in [1.29, 1.82) is 0 Å². The molecule has 0 aromatic carbocycles. The fraction of sp³-hybridized carbons (Fsp3) is 0.750. The van der Waals surface area contributed by atoms with E-state index in [1.807, 2.05) is 0 Å². The summed E-state index contributed by atoms with van der Waals surface area (Å²) in [5, 5.41) is 11.8. The summed E-state index contributed by atoms with van der Waals surface area (Å²) in [5.74, 6) is 0. The zero-order valence-electron chi connectivity index (χ0n) is 11.4. The van der Waals surface area contributed by atoms with Crippen LogP contribution in [0, 0.1) is 0 Å². The van der Waals surface area contributed by atoms with Crippen LogP contribution in [0.15, 0.2) is 12.7 Å². The first-order valence-electron chi connectivity index (χ1n) is 5.67. The Kier molecular flexibility index (Phi) is 7.58. The Balaban J connectivity index is 4.38. The first-order chi connectivity index (χ1) is 8.34. The topological polar surface area (TPSA) is 77.0 Å². The minimum absolute atomic E-state index is 0.0448. The van der Waals surface area contributed by atoms with E-state index in [-0.39, 0.29) is 13.4 Å². The van der Waals surface area contributed by atoms with Gasteiger partial charge in [-0.2, -0.15) is 0 Å². The van der Waals surface area contributed by atoms with Crippen molar-refractivity contribution in [3.63, 3.8) is 0 Å². The van der Waals surface area contributed by atoms with Gasteiger partial charge < -0.3 is 24.6 Å². The van der Waals surface area contributed by atoms with E-state index in [4.69, 9.17) is 14.2 Å². The van der Waals surface area contributed by atoms with Crippen molar-refractivity contribution in [3.05, 3.63) is 12.7 Å². The number of hydrogen-bond donors (Lipinski definition) is 2.